The quantitative estimate of drug-likeness (QED) is 0.221. The summed E-state index contributed by atoms with van der Waals surface area (Å²) in [6, 6.07) is 1.61. The van der Waals surface area contributed by atoms with Gasteiger partial charge in [0.2, 0.25) is 0 Å². The number of ether oxygens (including phenoxy) is 2. The van der Waals surface area contributed by atoms with Crippen LogP contribution < -0.4 is 9.47 Å². The molecule has 0 saturated carbocycles. The number of hydrogen-bond donors (Lipinski definition) is 1. The number of rotatable bonds is 12. The van der Waals surface area contributed by atoms with Gasteiger partial charge in [0.1, 0.15) is 11.5 Å². The molecule has 0 saturated heterocycles. The zero-order chi connectivity index (χ0) is 21.2. The summed E-state index contributed by atoms with van der Waals surface area (Å²) in [6.45, 7) is 2.21. The van der Waals surface area contributed by atoms with Gasteiger partial charge < -0.3 is 14.7 Å². The van der Waals surface area contributed by atoms with Gasteiger partial charge in [0.25, 0.3) is 0 Å². The van der Waals surface area contributed by atoms with Crippen molar-refractivity contribution in [1.82, 2.24) is 0 Å². The van der Waals surface area contributed by atoms with E-state index in [2.05, 4.69) is 12.1 Å². The second kappa shape index (κ2) is 11.4. The summed E-state index contributed by atoms with van der Waals surface area (Å²) in [4.78, 5) is 24.8. The van der Waals surface area contributed by atoms with Crippen molar-refractivity contribution in [2.75, 3.05) is 14.2 Å². The minimum absolute atomic E-state index is 0.159. The lowest BCUT2D eigenvalue weighted by Crippen LogP contribution is -2.17. The summed E-state index contributed by atoms with van der Waals surface area (Å²) in [6.07, 6.45) is 12.3. The number of carbonyl (C=O) groups is 2. The molecule has 0 spiro atoms. The van der Waals surface area contributed by atoms with Crippen molar-refractivity contribution in [3.8, 4) is 11.5 Å². The molecule has 1 aliphatic carbocycles. The van der Waals surface area contributed by atoms with Crippen LogP contribution in [-0.2, 0) is 0 Å². The van der Waals surface area contributed by atoms with E-state index >= 15 is 0 Å². The molecule has 29 heavy (non-hydrogen) atoms. The molecule has 0 amide bonds. The Hall–Kier alpha value is -2.63. The number of benzene rings is 1. The van der Waals surface area contributed by atoms with Crippen LogP contribution in [0.2, 0.25) is 0 Å². The van der Waals surface area contributed by atoms with E-state index in [0.29, 0.717) is 17.7 Å². The molecule has 0 fully saturated rings. The maximum Gasteiger partial charge on any atom is 0.190 e. The SMILES string of the molecule is CCCCCCCCCC/C(=N/O)c1cc(OC)c2c(c1OC)C(=O)C=CC2=O. The number of methoxy groups -OCH3 is 2. The van der Waals surface area contributed by atoms with Crippen molar-refractivity contribution < 1.29 is 24.3 Å². The monoisotopic (exact) mass is 401 g/mol. The van der Waals surface area contributed by atoms with Crippen LogP contribution in [0.25, 0.3) is 0 Å². The largest absolute Gasteiger partial charge is 0.496 e. The predicted octanol–water partition coefficient (Wildman–Crippen LogP) is 5.35. The fraction of sp³-hybridized carbons (Fsp3) is 0.522. The Morgan fingerprint density at radius 2 is 1.48 bits per heavy atom. The molecule has 0 aliphatic heterocycles. The molecule has 1 aromatic rings. The molecule has 6 nitrogen and oxygen atoms in total. The molecule has 0 radical (unpaired) electrons. The third-order valence-corrected chi connectivity index (χ3v) is 5.25. The fourth-order valence-corrected chi connectivity index (χ4v) is 3.69. The van der Waals surface area contributed by atoms with Gasteiger partial charge in [0, 0.05) is 5.56 Å². The van der Waals surface area contributed by atoms with Crippen molar-refractivity contribution in [2.24, 2.45) is 5.16 Å². The minimum atomic E-state index is -0.332. The number of ketones is 2. The molecule has 158 valence electrons. The summed E-state index contributed by atoms with van der Waals surface area (Å²) in [5.41, 5.74) is 1.24. The summed E-state index contributed by atoms with van der Waals surface area (Å²) in [5.74, 6) is -0.126. The molecule has 0 aromatic heterocycles. The third kappa shape index (κ3) is 5.46. The van der Waals surface area contributed by atoms with Crippen LogP contribution in [0.15, 0.2) is 23.4 Å². The first-order chi connectivity index (χ1) is 14.1. The lowest BCUT2D eigenvalue weighted by Gasteiger charge is -2.20. The maximum absolute atomic E-state index is 12.5. The van der Waals surface area contributed by atoms with Gasteiger partial charge in [-0.15, -0.1) is 0 Å². The van der Waals surface area contributed by atoms with Crippen LogP contribution >= 0.6 is 0 Å². The molecule has 0 atom stereocenters. The lowest BCUT2D eigenvalue weighted by atomic mass is 9.88. The van der Waals surface area contributed by atoms with E-state index in [-0.39, 0.29) is 34.2 Å². The van der Waals surface area contributed by atoms with Gasteiger partial charge in [-0.05, 0) is 31.1 Å². The summed E-state index contributed by atoms with van der Waals surface area (Å²) >= 11 is 0. The number of fused-ring (bicyclic) bond motifs is 1. The van der Waals surface area contributed by atoms with E-state index in [1.807, 2.05) is 0 Å². The first kappa shape index (κ1) is 22.7. The zero-order valence-electron chi connectivity index (χ0n) is 17.6. The highest BCUT2D eigenvalue weighted by Crippen LogP contribution is 2.38. The Kier molecular flexibility index (Phi) is 8.90. The Morgan fingerprint density at radius 1 is 0.897 bits per heavy atom. The normalized spacial score (nSPS) is 13.6. The Bertz CT molecular complexity index is 795. The number of unbranched alkanes of at least 4 members (excludes halogenated alkanes) is 7. The van der Waals surface area contributed by atoms with Crippen LogP contribution in [0.3, 0.4) is 0 Å². The molecule has 0 heterocycles. The molecule has 2 rings (SSSR count). The van der Waals surface area contributed by atoms with Crippen molar-refractivity contribution in [3.63, 3.8) is 0 Å². The Balaban J connectivity index is 2.17. The molecule has 0 unspecified atom stereocenters. The second-order valence-electron chi connectivity index (χ2n) is 7.24. The first-order valence-corrected chi connectivity index (χ1v) is 10.4. The molecule has 0 bridgehead atoms. The number of hydrogen-bond acceptors (Lipinski definition) is 6. The average Bonchev–Trinajstić information content (AvgIpc) is 2.74. The van der Waals surface area contributed by atoms with Gasteiger partial charge >= 0.3 is 0 Å². The van der Waals surface area contributed by atoms with Gasteiger partial charge in [-0.2, -0.15) is 0 Å². The van der Waals surface area contributed by atoms with Gasteiger partial charge in [-0.1, -0.05) is 57.0 Å². The number of carbonyl (C=O) groups excluding carboxylic acids is 2. The number of oxime groups is 1. The van der Waals surface area contributed by atoms with Gasteiger partial charge in [0.05, 0.1) is 31.1 Å². The molecule has 1 N–H and O–H groups in total. The van der Waals surface area contributed by atoms with Crippen LogP contribution in [-0.4, -0.2) is 36.7 Å². The Morgan fingerprint density at radius 3 is 2.03 bits per heavy atom. The highest BCUT2D eigenvalue weighted by molar-refractivity contribution is 6.25. The molecule has 1 aromatic carbocycles. The van der Waals surface area contributed by atoms with Crippen molar-refractivity contribution >= 4 is 17.3 Å². The zero-order valence-corrected chi connectivity index (χ0v) is 17.6. The van der Waals surface area contributed by atoms with E-state index in [0.717, 1.165) is 19.3 Å². The minimum Gasteiger partial charge on any atom is -0.496 e. The summed E-state index contributed by atoms with van der Waals surface area (Å²) in [5, 5.41) is 13.1. The summed E-state index contributed by atoms with van der Waals surface area (Å²) in [7, 11) is 2.88. The topological polar surface area (TPSA) is 85.2 Å². The van der Waals surface area contributed by atoms with Gasteiger partial charge in [0.15, 0.2) is 11.6 Å². The first-order valence-electron chi connectivity index (χ1n) is 10.4. The number of nitrogens with zero attached hydrogens (tertiary/aromatic N) is 1. The van der Waals surface area contributed by atoms with E-state index in [9.17, 15) is 14.8 Å². The standard InChI is InChI=1S/C23H31NO5/c1-4-5-6-7-8-9-10-11-12-17(24-27)16-15-20(28-2)21-18(25)13-14-19(26)22(21)23(16)29-3/h13-15,27H,4-12H2,1-3H3/b24-17-. The Labute approximate surface area is 172 Å². The average molecular weight is 402 g/mol. The summed E-state index contributed by atoms with van der Waals surface area (Å²) < 4.78 is 10.8. The maximum atomic E-state index is 12.5. The lowest BCUT2D eigenvalue weighted by molar-refractivity contribution is 0.0989. The molecular formula is C23H31NO5. The van der Waals surface area contributed by atoms with E-state index < -0.39 is 0 Å². The fourth-order valence-electron chi connectivity index (χ4n) is 3.69. The van der Waals surface area contributed by atoms with E-state index in [1.54, 1.807) is 6.07 Å². The third-order valence-electron chi connectivity index (χ3n) is 5.25. The molecule has 1 aliphatic rings. The highest BCUT2D eigenvalue weighted by atomic mass is 16.5. The van der Waals surface area contributed by atoms with Crippen molar-refractivity contribution in [1.29, 1.82) is 0 Å². The predicted molar refractivity (Wildman–Crippen MR) is 113 cm³/mol. The van der Waals surface area contributed by atoms with Crippen LogP contribution in [0.5, 0.6) is 11.5 Å². The van der Waals surface area contributed by atoms with E-state index in [4.69, 9.17) is 9.47 Å². The van der Waals surface area contributed by atoms with Crippen molar-refractivity contribution in [2.45, 2.75) is 64.7 Å². The highest BCUT2D eigenvalue weighted by Gasteiger charge is 2.31. The van der Waals surface area contributed by atoms with Crippen LogP contribution in [0, 0.1) is 0 Å². The second-order valence-corrected chi connectivity index (χ2v) is 7.24. The smallest absolute Gasteiger partial charge is 0.190 e. The molecular weight excluding hydrogens is 370 g/mol. The van der Waals surface area contributed by atoms with Gasteiger partial charge in [-0.25, -0.2) is 0 Å². The van der Waals surface area contributed by atoms with E-state index in [1.165, 1.54) is 58.5 Å². The number of allylic oxidation sites excluding steroid dienone is 2. The van der Waals surface area contributed by atoms with Crippen molar-refractivity contribution in [3.05, 3.63) is 34.9 Å². The van der Waals surface area contributed by atoms with Gasteiger partial charge in [-0.3, -0.25) is 9.59 Å². The molecule has 6 heteroatoms. The van der Waals surface area contributed by atoms with Crippen LogP contribution in [0.4, 0.5) is 0 Å². The van der Waals surface area contributed by atoms with Crippen LogP contribution in [0.1, 0.15) is 91.0 Å².